The molecule has 19 heavy (non-hydrogen) atoms. The van der Waals surface area contributed by atoms with E-state index < -0.39 is 0 Å². The second-order valence-corrected chi connectivity index (χ2v) is 6.23. The van der Waals surface area contributed by atoms with Crippen molar-refractivity contribution in [3.05, 3.63) is 0 Å². The number of hydrogen-bond donors (Lipinski definition) is 2. The van der Waals surface area contributed by atoms with Crippen LogP contribution in [-0.2, 0) is 4.79 Å². The van der Waals surface area contributed by atoms with Crippen molar-refractivity contribution in [2.45, 2.75) is 59.0 Å². The highest BCUT2D eigenvalue weighted by Crippen LogP contribution is 2.05. The minimum absolute atomic E-state index is 0.105. The van der Waals surface area contributed by atoms with Gasteiger partial charge in [0.25, 0.3) is 0 Å². The Morgan fingerprint density at radius 2 is 1.84 bits per heavy atom. The Labute approximate surface area is 119 Å². The van der Waals surface area contributed by atoms with E-state index in [4.69, 9.17) is 0 Å². The van der Waals surface area contributed by atoms with Crippen LogP contribution in [0.5, 0.6) is 0 Å². The molecule has 4 heteroatoms. The molecule has 2 atom stereocenters. The second-order valence-electron chi connectivity index (χ2n) is 6.23. The van der Waals surface area contributed by atoms with Crippen molar-refractivity contribution in [1.29, 1.82) is 0 Å². The molecule has 0 bridgehead atoms. The summed E-state index contributed by atoms with van der Waals surface area (Å²) in [7, 11) is 4.14. The number of nitrogens with one attached hydrogen (secondary N) is 2. The highest BCUT2D eigenvalue weighted by Gasteiger charge is 2.14. The molecule has 0 fully saturated rings. The fourth-order valence-corrected chi connectivity index (χ4v) is 2.30. The molecule has 0 aromatic rings. The van der Waals surface area contributed by atoms with E-state index in [1.807, 2.05) is 0 Å². The van der Waals surface area contributed by atoms with Crippen LogP contribution in [0.15, 0.2) is 0 Å². The first kappa shape index (κ1) is 18.4. The van der Waals surface area contributed by atoms with E-state index in [-0.39, 0.29) is 11.9 Å². The first-order valence-electron chi connectivity index (χ1n) is 7.52. The molecule has 2 unspecified atom stereocenters. The van der Waals surface area contributed by atoms with Gasteiger partial charge in [-0.3, -0.25) is 4.79 Å². The molecule has 0 aliphatic rings. The smallest absolute Gasteiger partial charge is 0.234 e. The highest BCUT2D eigenvalue weighted by atomic mass is 16.1. The lowest BCUT2D eigenvalue weighted by molar-refractivity contribution is -0.121. The molecule has 114 valence electrons. The average molecular weight is 271 g/mol. The molecule has 2 N–H and O–H groups in total. The Morgan fingerprint density at radius 3 is 2.32 bits per heavy atom. The quantitative estimate of drug-likeness (QED) is 0.637. The van der Waals surface area contributed by atoms with E-state index in [1.165, 1.54) is 0 Å². The number of carbonyl (C=O) groups excluding carboxylic acids is 1. The van der Waals surface area contributed by atoms with Crippen LogP contribution in [0.3, 0.4) is 0 Å². The van der Waals surface area contributed by atoms with Crippen LogP contribution >= 0.6 is 0 Å². The van der Waals surface area contributed by atoms with Crippen molar-refractivity contribution in [2.24, 2.45) is 5.92 Å². The maximum Gasteiger partial charge on any atom is 0.234 e. The van der Waals surface area contributed by atoms with Crippen LogP contribution in [0.1, 0.15) is 47.0 Å². The van der Waals surface area contributed by atoms with E-state index in [9.17, 15) is 4.79 Å². The van der Waals surface area contributed by atoms with Gasteiger partial charge < -0.3 is 15.5 Å². The molecule has 0 aliphatic heterocycles. The Morgan fingerprint density at radius 1 is 1.21 bits per heavy atom. The summed E-state index contributed by atoms with van der Waals surface area (Å²) in [6.45, 7) is 10.0. The topological polar surface area (TPSA) is 44.4 Å². The Balaban J connectivity index is 4.04. The second kappa shape index (κ2) is 10.2. The lowest BCUT2D eigenvalue weighted by atomic mass is 10.0. The number of nitrogens with zero attached hydrogens (tertiary/aromatic N) is 1. The number of likely N-dealkylation sites (N-methyl/N-ethyl adjacent to an activating group) is 1. The molecule has 0 aliphatic carbocycles. The van der Waals surface area contributed by atoms with Gasteiger partial charge in [-0.05, 0) is 39.8 Å². The standard InChI is InChI=1S/C15H33N3O/c1-7-8-13(4)17-15(19)10-16-14(9-12(2)3)11-18(5)6/h12-14,16H,7-11H2,1-6H3,(H,17,19). The number of rotatable bonds is 10. The third-order valence-corrected chi connectivity index (χ3v) is 3.02. The third-order valence-electron chi connectivity index (χ3n) is 3.02. The van der Waals surface area contributed by atoms with E-state index >= 15 is 0 Å². The van der Waals surface area contributed by atoms with Crippen LogP contribution in [-0.4, -0.2) is 50.1 Å². The van der Waals surface area contributed by atoms with E-state index in [0.29, 0.717) is 18.5 Å². The van der Waals surface area contributed by atoms with Gasteiger partial charge in [0.1, 0.15) is 0 Å². The van der Waals surface area contributed by atoms with Crippen molar-refractivity contribution >= 4 is 5.91 Å². The molecule has 0 spiro atoms. The lowest BCUT2D eigenvalue weighted by Gasteiger charge is -2.24. The van der Waals surface area contributed by atoms with Crippen molar-refractivity contribution < 1.29 is 4.79 Å². The maximum absolute atomic E-state index is 11.8. The van der Waals surface area contributed by atoms with Gasteiger partial charge in [0.05, 0.1) is 6.54 Å². The highest BCUT2D eigenvalue weighted by molar-refractivity contribution is 5.78. The summed E-state index contributed by atoms with van der Waals surface area (Å²) in [4.78, 5) is 14.0. The predicted molar refractivity (Wildman–Crippen MR) is 82.3 cm³/mol. The molecule has 0 heterocycles. The van der Waals surface area contributed by atoms with Gasteiger partial charge in [0.15, 0.2) is 0 Å². The first-order chi connectivity index (χ1) is 8.85. The van der Waals surface area contributed by atoms with E-state index in [1.54, 1.807) is 0 Å². The van der Waals surface area contributed by atoms with Gasteiger partial charge in [-0.15, -0.1) is 0 Å². The largest absolute Gasteiger partial charge is 0.353 e. The number of carbonyl (C=O) groups is 1. The molecular weight excluding hydrogens is 238 g/mol. The van der Waals surface area contributed by atoms with Gasteiger partial charge in [-0.2, -0.15) is 0 Å². The Kier molecular flexibility index (Phi) is 9.88. The first-order valence-corrected chi connectivity index (χ1v) is 7.52. The molecule has 0 aromatic heterocycles. The molecule has 0 rings (SSSR count). The molecule has 0 saturated heterocycles. The lowest BCUT2D eigenvalue weighted by Crippen LogP contribution is -2.45. The van der Waals surface area contributed by atoms with Crippen LogP contribution in [0.25, 0.3) is 0 Å². The van der Waals surface area contributed by atoms with Crippen molar-refractivity contribution in [1.82, 2.24) is 15.5 Å². The molecule has 4 nitrogen and oxygen atoms in total. The van der Waals surface area contributed by atoms with Crippen LogP contribution in [0, 0.1) is 5.92 Å². The van der Waals surface area contributed by atoms with Crippen LogP contribution in [0.4, 0.5) is 0 Å². The molecule has 1 amide bonds. The van der Waals surface area contributed by atoms with E-state index in [2.05, 4.69) is 57.3 Å². The average Bonchev–Trinajstić information content (AvgIpc) is 2.24. The zero-order chi connectivity index (χ0) is 14.8. The van der Waals surface area contributed by atoms with Gasteiger partial charge in [0, 0.05) is 18.6 Å². The fourth-order valence-electron chi connectivity index (χ4n) is 2.30. The summed E-state index contributed by atoms with van der Waals surface area (Å²) in [6, 6.07) is 0.652. The Bertz CT molecular complexity index is 232. The van der Waals surface area contributed by atoms with Crippen LogP contribution in [0.2, 0.25) is 0 Å². The van der Waals surface area contributed by atoms with Gasteiger partial charge in [-0.25, -0.2) is 0 Å². The summed E-state index contributed by atoms with van der Waals surface area (Å²) in [5.74, 6) is 0.744. The van der Waals surface area contributed by atoms with Crippen molar-refractivity contribution in [3.63, 3.8) is 0 Å². The summed E-state index contributed by atoms with van der Waals surface area (Å²) < 4.78 is 0. The summed E-state index contributed by atoms with van der Waals surface area (Å²) >= 11 is 0. The minimum atomic E-state index is 0.105. The van der Waals surface area contributed by atoms with Gasteiger partial charge in [-0.1, -0.05) is 27.2 Å². The number of amides is 1. The number of hydrogen-bond acceptors (Lipinski definition) is 3. The molecule has 0 aromatic carbocycles. The van der Waals surface area contributed by atoms with Crippen LogP contribution < -0.4 is 10.6 Å². The van der Waals surface area contributed by atoms with Gasteiger partial charge >= 0.3 is 0 Å². The molecule has 0 radical (unpaired) electrons. The minimum Gasteiger partial charge on any atom is -0.353 e. The predicted octanol–water partition coefficient (Wildman–Crippen LogP) is 1.86. The SMILES string of the molecule is CCCC(C)NC(=O)CNC(CC(C)C)CN(C)C. The van der Waals surface area contributed by atoms with Crippen molar-refractivity contribution in [2.75, 3.05) is 27.2 Å². The zero-order valence-electron chi connectivity index (χ0n) is 13.6. The molecule has 0 saturated carbocycles. The van der Waals surface area contributed by atoms with E-state index in [0.717, 1.165) is 25.8 Å². The Hall–Kier alpha value is -0.610. The monoisotopic (exact) mass is 271 g/mol. The third kappa shape index (κ3) is 11.0. The zero-order valence-corrected chi connectivity index (χ0v) is 13.6. The van der Waals surface area contributed by atoms with Gasteiger partial charge in [0.2, 0.25) is 5.91 Å². The summed E-state index contributed by atoms with van der Waals surface area (Å²) in [5.41, 5.74) is 0. The summed E-state index contributed by atoms with van der Waals surface area (Å²) in [5, 5.41) is 6.40. The maximum atomic E-state index is 11.8. The normalized spacial score (nSPS) is 14.7. The molecular formula is C15H33N3O. The van der Waals surface area contributed by atoms with Crippen molar-refractivity contribution in [3.8, 4) is 0 Å². The fraction of sp³-hybridized carbons (Fsp3) is 0.933. The summed E-state index contributed by atoms with van der Waals surface area (Å²) in [6.07, 6.45) is 3.24.